The maximum atomic E-state index is 12.4. The smallest absolute Gasteiger partial charge is 0.380 e. The van der Waals surface area contributed by atoms with Gasteiger partial charge in [-0.15, -0.1) is 0 Å². The lowest BCUT2D eigenvalue weighted by atomic mass is 10.1. The average molecular weight is 536 g/mol. The highest BCUT2D eigenvalue weighted by molar-refractivity contribution is 5.92. The van der Waals surface area contributed by atoms with Crippen LogP contribution in [0.5, 0.6) is 0 Å². The molecular weight excluding hydrogens is 510 g/mol. The average Bonchev–Trinajstić information content (AvgIpc) is 3.15. The van der Waals surface area contributed by atoms with Gasteiger partial charge >= 0.3 is 12.4 Å². The van der Waals surface area contributed by atoms with Crippen molar-refractivity contribution in [1.29, 1.82) is 0 Å². The van der Waals surface area contributed by atoms with E-state index in [1.165, 1.54) is 7.11 Å². The third-order valence-electron chi connectivity index (χ3n) is 5.67. The quantitative estimate of drug-likeness (QED) is 0.441. The Morgan fingerprint density at radius 2 is 1.62 bits per heavy atom. The largest absolute Gasteiger partial charge is 0.416 e. The summed E-state index contributed by atoms with van der Waals surface area (Å²) < 4.78 is 85.8. The maximum Gasteiger partial charge on any atom is 0.416 e. The predicted molar refractivity (Wildman–Crippen MR) is 117 cm³/mol. The monoisotopic (exact) mass is 536 g/mol. The van der Waals surface area contributed by atoms with E-state index in [1.807, 2.05) is 4.68 Å². The minimum Gasteiger partial charge on any atom is -0.380 e. The molecule has 14 heteroatoms. The number of amides is 2. The summed E-state index contributed by atoms with van der Waals surface area (Å²) in [7, 11) is 1.19. The van der Waals surface area contributed by atoms with Crippen molar-refractivity contribution in [1.82, 2.24) is 19.6 Å². The summed E-state index contributed by atoms with van der Waals surface area (Å²) in [4.78, 5) is 26.8. The van der Waals surface area contributed by atoms with Gasteiger partial charge in [-0.25, -0.2) is 0 Å². The molecule has 1 aromatic heterocycles. The molecule has 0 N–H and O–H groups in total. The number of rotatable bonds is 4. The zero-order valence-corrected chi connectivity index (χ0v) is 19.9. The summed E-state index contributed by atoms with van der Waals surface area (Å²) in [6, 6.07) is 3.16. The van der Waals surface area contributed by atoms with E-state index < -0.39 is 23.5 Å². The van der Waals surface area contributed by atoms with Gasteiger partial charge in [0, 0.05) is 33.3 Å². The molecule has 0 atom stereocenters. The second-order valence-electron chi connectivity index (χ2n) is 8.43. The molecule has 0 aliphatic carbocycles. The molecule has 37 heavy (non-hydrogen) atoms. The second kappa shape index (κ2) is 11.9. The Kier molecular flexibility index (Phi) is 9.18. The summed E-state index contributed by atoms with van der Waals surface area (Å²) in [6.45, 7) is 4.08. The number of hydrogen-bond donors (Lipinski definition) is 0. The molecule has 0 unspecified atom stereocenters. The Morgan fingerprint density at radius 3 is 2.16 bits per heavy atom. The van der Waals surface area contributed by atoms with E-state index in [-0.39, 0.29) is 24.1 Å². The summed E-state index contributed by atoms with van der Waals surface area (Å²) in [5.74, 6) is -0.0495. The highest BCUT2D eigenvalue weighted by Gasteiger charge is 2.36. The zero-order valence-electron chi connectivity index (χ0n) is 19.9. The van der Waals surface area contributed by atoms with Crippen LogP contribution >= 0.6 is 0 Å². The fourth-order valence-electron chi connectivity index (χ4n) is 3.88. The molecule has 3 heterocycles. The molecule has 2 aromatic rings. The Bertz CT molecular complexity index is 1050. The lowest BCUT2D eigenvalue weighted by Crippen LogP contribution is -2.40. The molecule has 2 amide bonds. The number of morpholine rings is 1. The van der Waals surface area contributed by atoms with Crippen LogP contribution < -0.4 is 0 Å². The fraction of sp³-hybridized carbons (Fsp3) is 0.522. The molecular formula is C23H26F6N4O4. The minimum atomic E-state index is -4.82. The number of carbonyl (C=O) groups is 2. The lowest BCUT2D eigenvalue weighted by Gasteiger charge is -2.25. The van der Waals surface area contributed by atoms with Crippen LogP contribution in [0.2, 0.25) is 0 Å². The maximum absolute atomic E-state index is 12.4. The standard InChI is InChI=1S/C13H18N4O3.C10H8F6O/c18-10-15-2-1-3-17-11(9-15)8-12(14-17)13(19)16-4-6-20-7-5-16;1-17-5-6-2-7(9(11,12)13)4-8(3-6)10(14,15)16/h8,10H,1-7,9H2;2-4H,5H2,1H3. The topological polar surface area (TPSA) is 76.9 Å². The van der Waals surface area contributed by atoms with E-state index in [9.17, 15) is 35.9 Å². The van der Waals surface area contributed by atoms with Crippen molar-refractivity contribution in [2.45, 2.75) is 38.5 Å². The van der Waals surface area contributed by atoms with Crippen molar-refractivity contribution in [3.8, 4) is 0 Å². The summed E-state index contributed by atoms with van der Waals surface area (Å²) in [5, 5.41) is 4.40. The normalized spacial score (nSPS) is 16.4. The Balaban J connectivity index is 0.000000209. The molecule has 1 saturated heterocycles. The van der Waals surface area contributed by atoms with Crippen LogP contribution in [0.1, 0.15) is 39.3 Å². The lowest BCUT2D eigenvalue weighted by molar-refractivity contribution is -0.143. The number of carbonyl (C=O) groups excluding carboxylic acids is 2. The van der Waals surface area contributed by atoms with Gasteiger partial charge in [0.05, 0.1) is 43.2 Å². The third kappa shape index (κ3) is 7.68. The van der Waals surface area contributed by atoms with Crippen molar-refractivity contribution < 1.29 is 45.4 Å². The Hall–Kier alpha value is -3.13. The van der Waals surface area contributed by atoms with Gasteiger partial charge in [-0.1, -0.05) is 0 Å². The number of hydrogen-bond acceptors (Lipinski definition) is 5. The van der Waals surface area contributed by atoms with Gasteiger partial charge in [-0.05, 0) is 36.2 Å². The second-order valence-corrected chi connectivity index (χ2v) is 8.43. The van der Waals surface area contributed by atoms with E-state index in [0.29, 0.717) is 50.7 Å². The molecule has 0 radical (unpaired) electrons. The van der Waals surface area contributed by atoms with Crippen LogP contribution in [0.3, 0.4) is 0 Å². The number of nitrogens with zero attached hydrogens (tertiary/aromatic N) is 4. The highest BCUT2D eigenvalue weighted by atomic mass is 19.4. The van der Waals surface area contributed by atoms with E-state index in [4.69, 9.17) is 4.74 Å². The van der Waals surface area contributed by atoms with Gasteiger partial charge in [0.25, 0.3) is 5.91 Å². The molecule has 0 spiro atoms. The van der Waals surface area contributed by atoms with Crippen LogP contribution in [-0.2, 0) is 46.3 Å². The fourth-order valence-corrected chi connectivity index (χ4v) is 3.88. The van der Waals surface area contributed by atoms with Crippen molar-refractivity contribution in [2.75, 3.05) is 40.0 Å². The van der Waals surface area contributed by atoms with Crippen molar-refractivity contribution in [3.05, 3.63) is 52.3 Å². The number of benzene rings is 1. The predicted octanol–water partition coefficient (Wildman–Crippen LogP) is 3.59. The SMILES string of the molecule is COCc1cc(C(F)(F)F)cc(C(F)(F)F)c1.O=CN1CCCn2nc(C(=O)N3CCOCC3)cc2C1. The van der Waals surface area contributed by atoms with Crippen molar-refractivity contribution in [2.24, 2.45) is 0 Å². The summed E-state index contributed by atoms with van der Waals surface area (Å²) >= 11 is 0. The zero-order chi connectivity index (χ0) is 27.2. The van der Waals surface area contributed by atoms with Crippen LogP contribution in [-0.4, -0.2) is 71.9 Å². The van der Waals surface area contributed by atoms with Gasteiger partial charge in [0.2, 0.25) is 6.41 Å². The molecule has 1 fully saturated rings. The van der Waals surface area contributed by atoms with Gasteiger partial charge < -0.3 is 19.3 Å². The summed E-state index contributed by atoms with van der Waals surface area (Å²) in [6.07, 6.45) is -7.92. The van der Waals surface area contributed by atoms with Gasteiger partial charge in [-0.3, -0.25) is 14.3 Å². The molecule has 4 rings (SSSR count). The van der Waals surface area contributed by atoms with Crippen molar-refractivity contribution >= 4 is 12.3 Å². The van der Waals surface area contributed by atoms with Gasteiger partial charge in [0.15, 0.2) is 5.69 Å². The molecule has 1 aromatic carbocycles. The first kappa shape index (κ1) is 28.4. The van der Waals surface area contributed by atoms with E-state index in [0.717, 1.165) is 31.6 Å². The van der Waals surface area contributed by atoms with Crippen LogP contribution in [0, 0.1) is 0 Å². The van der Waals surface area contributed by atoms with E-state index in [1.54, 1.807) is 15.9 Å². The molecule has 204 valence electrons. The molecule has 2 aliphatic heterocycles. The molecule has 0 bridgehead atoms. The number of alkyl halides is 6. The molecule has 2 aliphatic rings. The number of aryl methyl sites for hydroxylation is 1. The van der Waals surface area contributed by atoms with Crippen LogP contribution in [0.25, 0.3) is 0 Å². The first-order valence-electron chi connectivity index (χ1n) is 11.3. The van der Waals surface area contributed by atoms with E-state index in [2.05, 4.69) is 9.84 Å². The first-order chi connectivity index (χ1) is 17.4. The minimum absolute atomic E-state index is 0.0495. The number of ether oxygens (including phenoxy) is 2. The first-order valence-corrected chi connectivity index (χ1v) is 11.3. The number of fused-ring (bicyclic) bond motifs is 1. The molecule has 8 nitrogen and oxygen atoms in total. The number of halogens is 6. The summed E-state index contributed by atoms with van der Waals surface area (Å²) in [5.41, 5.74) is -1.45. The Morgan fingerprint density at radius 1 is 1.00 bits per heavy atom. The third-order valence-corrected chi connectivity index (χ3v) is 5.67. The van der Waals surface area contributed by atoms with E-state index >= 15 is 0 Å². The van der Waals surface area contributed by atoms with Gasteiger partial charge in [-0.2, -0.15) is 31.4 Å². The highest BCUT2D eigenvalue weighted by Crippen LogP contribution is 2.36. The van der Waals surface area contributed by atoms with Crippen LogP contribution in [0.4, 0.5) is 26.3 Å². The molecule has 0 saturated carbocycles. The Labute approximate surface area is 208 Å². The van der Waals surface area contributed by atoms with Crippen LogP contribution in [0.15, 0.2) is 24.3 Å². The van der Waals surface area contributed by atoms with Gasteiger partial charge in [0.1, 0.15) is 0 Å². The number of aromatic nitrogens is 2. The van der Waals surface area contributed by atoms with Crippen molar-refractivity contribution in [3.63, 3.8) is 0 Å². The number of methoxy groups -OCH3 is 1.